The van der Waals surface area contributed by atoms with E-state index in [0.29, 0.717) is 36.2 Å². The van der Waals surface area contributed by atoms with Crippen molar-refractivity contribution in [3.63, 3.8) is 0 Å². The van der Waals surface area contributed by atoms with E-state index in [1.165, 1.54) is 0 Å². The predicted octanol–water partition coefficient (Wildman–Crippen LogP) is 2.82. The molecule has 4 heteroatoms. The van der Waals surface area contributed by atoms with Gasteiger partial charge < -0.3 is 9.47 Å². The van der Waals surface area contributed by atoms with E-state index < -0.39 is 0 Å². The normalized spacial score (nSPS) is 26.8. The first-order chi connectivity index (χ1) is 9.74. The zero-order valence-corrected chi connectivity index (χ0v) is 11.3. The smallest absolute Gasteiger partial charge is 0.338 e. The highest BCUT2D eigenvalue weighted by Crippen LogP contribution is 2.31. The average Bonchev–Trinajstić information content (AvgIpc) is 2.50. The van der Waals surface area contributed by atoms with Crippen LogP contribution in [-0.2, 0) is 9.47 Å². The Hall–Kier alpha value is -1.84. The molecule has 0 spiro atoms. The maximum absolute atomic E-state index is 12.0. The summed E-state index contributed by atoms with van der Waals surface area (Å²) in [5.41, 5.74) is 0.962. The standard InChI is InChI=1S/C16H18O4/c17-15-11-5-7-12(8-6-11)16(18)20-10-14-4-2-1-3-13(14)9-19-15/h5-8,13-14H,1-4,9-10H2. The van der Waals surface area contributed by atoms with Gasteiger partial charge in [0.05, 0.1) is 24.3 Å². The van der Waals surface area contributed by atoms with Gasteiger partial charge in [0.15, 0.2) is 0 Å². The van der Waals surface area contributed by atoms with Gasteiger partial charge in [-0.25, -0.2) is 9.59 Å². The molecule has 1 aliphatic carbocycles. The summed E-state index contributed by atoms with van der Waals surface area (Å²) < 4.78 is 10.8. The number of hydrogen-bond acceptors (Lipinski definition) is 4. The van der Waals surface area contributed by atoms with Gasteiger partial charge >= 0.3 is 11.9 Å². The van der Waals surface area contributed by atoms with Crippen molar-refractivity contribution in [1.82, 2.24) is 0 Å². The summed E-state index contributed by atoms with van der Waals surface area (Å²) in [5.74, 6) is -0.0151. The largest absolute Gasteiger partial charge is 0.462 e. The summed E-state index contributed by atoms with van der Waals surface area (Å²) in [7, 11) is 0. The lowest BCUT2D eigenvalue weighted by atomic mass is 9.80. The van der Waals surface area contributed by atoms with Crippen LogP contribution >= 0.6 is 0 Å². The maximum atomic E-state index is 12.0. The second-order valence-corrected chi connectivity index (χ2v) is 5.58. The number of carbonyl (C=O) groups is 2. The van der Waals surface area contributed by atoms with Crippen LogP contribution in [0.4, 0.5) is 0 Å². The number of ether oxygens (including phenoxy) is 2. The Bertz CT molecular complexity index is 459. The van der Waals surface area contributed by atoms with Crippen LogP contribution in [0.5, 0.6) is 0 Å². The molecule has 1 aromatic rings. The number of benzene rings is 1. The third-order valence-corrected chi connectivity index (χ3v) is 4.28. The summed E-state index contributed by atoms with van der Waals surface area (Å²) in [6.45, 7) is 0.839. The van der Waals surface area contributed by atoms with Gasteiger partial charge in [-0.1, -0.05) is 12.8 Å². The van der Waals surface area contributed by atoms with Crippen LogP contribution in [0.1, 0.15) is 46.4 Å². The molecule has 3 aliphatic rings. The Morgan fingerprint density at radius 3 is 1.55 bits per heavy atom. The topological polar surface area (TPSA) is 52.6 Å². The van der Waals surface area contributed by atoms with Crippen LogP contribution in [0.15, 0.2) is 24.3 Å². The highest BCUT2D eigenvalue weighted by molar-refractivity contribution is 5.93. The minimum absolute atomic E-state index is 0.303. The summed E-state index contributed by atoms with van der Waals surface area (Å²) in [5, 5.41) is 0. The summed E-state index contributed by atoms with van der Waals surface area (Å²) in [6, 6.07) is 6.44. The van der Waals surface area contributed by atoms with E-state index in [-0.39, 0.29) is 11.9 Å². The average molecular weight is 274 g/mol. The molecule has 4 rings (SSSR count). The van der Waals surface area contributed by atoms with Gasteiger partial charge in [0.1, 0.15) is 0 Å². The lowest BCUT2D eigenvalue weighted by molar-refractivity contribution is 0.0134. The predicted molar refractivity (Wildman–Crippen MR) is 72.5 cm³/mol. The first-order valence-corrected chi connectivity index (χ1v) is 7.18. The molecule has 0 aromatic heterocycles. The monoisotopic (exact) mass is 274 g/mol. The van der Waals surface area contributed by atoms with Crippen molar-refractivity contribution < 1.29 is 19.1 Å². The summed E-state index contributed by atoms with van der Waals surface area (Å²) >= 11 is 0. The number of esters is 2. The zero-order chi connectivity index (χ0) is 13.9. The summed E-state index contributed by atoms with van der Waals surface area (Å²) in [6.07, 6.45) is 4.38. The van der Waals surface area contributed by atoms with Crippen LogP contribution in [0.3, 0.4) is 0 Å². The van der Waals surface area contributed by atoms with E-state index >= 15 is 0 Å². The van der Waals surface area contributed by atoms with Gasteiger partial charge in [-0.15, -0.1) is 0 Å². The third kappa shape index (κ3) is 2.69. The molecular weight excluding hydrogens is 256 g/mol. The first-order valence-electron chi connectivity index (χ1n) is 7.18. The Kier molecular flexibility index (Phi) is 3.72. The Labute approximate surface area is 118 Å². The fourth-order valence-corrected chi connectivity index (χ4v) is 3.00. The lowest BCUT2D eigenvalue weighted by Gasteiger charge is -2.31. The van der Waals surface area contributed by atoms with Crippen LogP contribution in [0.2, 0.25) is 0 Å². The van der Waals surface area contributed by atoms with Gasteiger partial charge in [0, 0.05) is 0 Å². The molecule has 2 unspecified atom stereocenters. The molecule has 4 nitrogen and oxygen atoms in total. The van der Waals surface area contributed by atoms with Crippen LogP contribution < -0.4 is 0 Å². The van der Waals surface area contributed by atoms with Crippen molar-refractivity contribution in [3.05, 3.63) is 35.4 Å². The quantitative estimate of drug-likeness (QED) is 0.683. The molecule has 20 heavy (non-hydrogen) atoms. The van der Waals surface area contributed by atoms with E-state index in [4.69, 9.17) is 9.47 Å². The van der Waals surface area contributed by atoms with Crippen LogP contribution in [0, 0.1) is 11.8 Å². The second kappa shape index (κ2) is 5.65. The molecule has 0 radical (unpaired) electrons. The summed E-state index contributed by atoms with van der Waals surface area (Å²) in [4.78, 5) is 23.9. The minimum Gasteiger partial charge on any atom is -0.462 e. The van der Waals surface area contributed by atoms with Gasteiger partial charge in [-0.05, 0) is 48.9 Å². The fourth-order valence-electron chi connectivity index (χ4n) is 3.00. The molecule has 0 amide bonds. The molecule has 1 saturated carbocycles. The molecule has 106 valence electrons. The molecular formula is C16H18O4. The number of rotatable bonds is 0. The molecule has 1 aromatic carbocycles. The Morgan fingerprint density at radius 2 is 1.15 bits per heavy atom. The highest BCUT2D eigenvalue weighted by Gasteiger charge is 2.28. The molecule has 2 heterocycles. The van der Waals surface area contributed by atoms with Gasteiger partial charge in [0.25, 0.3) is 0 Å². The molecule has 0 N–H and O–H groups in total. The molecule has 0 saturated heterocycles. The number of carbonyl (C=O) groups excluding carboxylic acids is 2. The minimum atomic E-state index is -0.310. The van der Waals surface area contributed by atoms with Gasteiger partial charge in [-0.3, -0.25) is 0 Å². The van der Waals surface area contributed by atoms with Gasteiger partial charge in [-0.2, -0.15) is 0 Å². The Balaban J connectivity index is 1.85. The molecule has 1 fully saturated rings. The van der Waals surface area contributed by atoms with Crippen molar-refractivity contribution in [3.8, 4) is 0 Å². The van der Waals surface area contributed by atoms with Crippen molar-refractivity contribution in [2.45, 2.75) is 25.7 Å². The second-order valence-electron chi connectivity index (χ2n) is 5.58. The van der Waals surface area contributed by atoms with E-state index in [1.807, 2.05) is 0 Å². The fraction of sp³-hybridized carbons (Fsp3) is 0.500. The van der Waals surface area contributed by atoms with Crippen molar-refractivity contribution in [2.75, 3.05) is 13.2 Å². The maximum Gasteiger partial charge on any atom is 0.338 e. The van der Waals surface area contributed by atoms with E-state index in [2.05, 4.69) is 0 Å². The van der Waals surface area contributed by atoms with Crippen molar-refractivity contribution >= 4 is 11.9 Å². The molecule has 2 atom stereocenters. The number of fused-ring (bicyclic) bond motifs is 6. The first kappa shape index (κ1) is 13.2. The van der Waals surface area contributed by atoms with E-state index in [1.54, 1.807) is 24.3 Å². The highest BCUT2D eigenvalue weighted by atomic mass is 16.5. The van der Waals surface area contributed by atoms with Crippen molar-refractivity contribution in [1.29, 1.82) is 0 Å². The van der Waals surface area contributed by atoms with Crippen LogP contribution in [0.25, 0.3) is 0 Å². The molecule has 2 bridgehead atoms. The van der Waals surface area contributed by atoms with E-state index in [0.717, 1.165) is 25.7 Å². The van der Waals surface area contributed by atoms with Crippen LogP contribution in [-0.4, -0.2) is 25.2 Å². The zero-order valence-electron chi connectivity index (χ0n) is 11.3. The van der Waals surface area contributed by atoms with Gasteiger partial charge in [0.2, 0.25) is 0 Å². The SMILES string of the molecule is O=C1OCC2CCCCC2COC(=O)c2ccc1cc2. The third-order valence-electron chi connectivity index (χ3n) is 4.28. The van der Waals surface area contributed by atoms with Crippen molar-refractivity contribution in [2.24, 2.45) is 11.8 Å². The van der Waals surface area contributed by atoms with E-state index in [9.17, 15) is 9.59 Å². The Morgan fingerprint density at radius 1 is 0.750 bits per heavy atom. The lowest BCUT2D eigenvalue weighted by Crippen LogP contribution is -2.30. The molecule has 2 aliphatic heterocycles. The number of hydrogen-bond donors (Lipinski definition) is 0.